The van der Waals surface area contributed by atoms with Crippen LogP contribution in [0, 0.1) is 0 Å². The number of anilines is 1. The molecule has 162 valence electrons. The number of unbranched alkanes of at least 4 members (excludes halogenated alkanes) is 1. The predicted octanol–water partition coefficient (Wildman–Crippen LogP) is 3.36. The Morgan fingerprint density at radius 2 is 2.13 bits per heavy atom. The van der Waals surface area contributed by atoms with Crippen LogP contribution in [0.1, 0.15) is 43.0 Å². The van der Waals surface area contributed by atoms with Gasteiger partial charge in [-0.1, -0.05) is 36.4 Å². The molecule has 0 radical (unpaired) electrons. The van der Waals surface area contributed by atoms with E-state index < -0.39 is 0 Å². The predicted molar refractivity (Wildman–Crippen MR) is 117 cm³/mol. The summed E-state index contributed by atoms with van der Waals surface area (Å²) in [5.74, 6) is 0.649. The van der Waals surface area contributed by atoms with E-state index in [1.807, 2.05) is 0 Å². The Kier molecular flexibility index (Phi) is 8.91. The summed E-state index contributed by atoms with van der Waals surface area (Å²) in [7, 11) is 0. The van der Waals surface area contributed by atoms with E-state index in [-0.39, 0.29) is 23.7 Å². The highest BCUT2D eigenvalue weighted by atomic mass is 32.2. The van der Waals surface area contributed by atoms with Crippen molar-refractivity contribution >= 4 is 40.0 Å². The van der Waals surface area contributed by atoms with Gasteiger partial charge in [0.05, 0.1) is 18.5 Å². The number of carbonyl (C=O) groups is 2. The summed E-state index contributed by atoms with van der Waals surface area (Å²) in [5.41, 5.74) is 0.510. The second-order valence-electron chi connectivity index (χ2n) is 6.78. The number of nitrogens with one attached hydrogen (secondary N) is 2. The van der Waals surface area contributed by atoms with Crippen LogP contribution in [0.15, 0.2) is 28.6 Å². The SMILES string of the molecule is CCCCOc1ccc(C(=O)Nc2nnc(SCC(=O)NC[C@H]3CCCO3)s2)cc1. The Balaban J connectivity index is 1.40. The summed E-state index contributed by atoms with van der Waals surface area (Å²) in [6.07, 6.45) is 4.23. The van der Waals surface area contributed by atoms with E-state index in [9.17, 15) is 9.59 Å². The fraction of sp³-hybridized carbons (Fsp3) is 0.500. The van der Waals surface area contributed by atoms with Gasteiger partial charge in [0.25, 0.3) is 5.91 Å². The molecule has 10 heteroatoms. The summed E-state index contributed by atoms with van der Waals surface area (Å²) < 4.78 is 11.7. The highest BCUT2D eigenvalue weighted by Gasteiger charge is 2.17. The first-order chi connectivity index (χ1) is 14.6. The van der Waals surface area contributed by atoms with Crippen LogP contribution >= 0.6 is 23.1 Å². The van der Waals surface area contributed by atoms with Gasteiger partial charge in [-0.15, -0.1) is 10.2 Å². The van der Waals surface area contributed by atoms with Crippen molar-refractivity contribution in [3.05, 3.63) is 29.8 Å². The number of rotatable bonds is 11. The van der Waals surface area contributed by atoms with Gasteiger partial charge >= 0.3 is 0 Å². The lowest BCUT2D eigenvalue weighted by atomic mass is 10.2. The molecule has 8 nitrogen and oxygen atoms in total. The average molecular weight is 451 g/mol. The molecule has 1 saturated heterocycles. The Bertz CT molecular complexity index is 822. The van der Waals surface area contributed by atoms with Crippen molar-refractivity contribution in [1.29, 1.82) is 0 Å². The Morgan fingerprint density at radius 3 is 2.87 bits per heavy atom. The van der Waals surface area contributed by atoms with Gasteiger partial charge in [-0.05, 0) is 43.5 Å². The summed E-state index contributed by atoms with van der Waals surface area (Å²) >= 11 is 2.53. The molecule has 1 aromatic heterocycles. The standard InChI is InChI=1S/C20H26N4O4S2/c1-2-3-10-27-15-8-6-14(7-9-15)18(26)22-19-23-24-20(30-19)29-13-17(25)21-12-16-5-4-11-28-16/h6-9,16H,2-5,10-13H2,1H3,(H,21,25)(H,22,23,26)/t16-/m1/s1. The maximum Gasteiger partial charge on any atom is 0.257 e. The fourth-order valence-corrected chi connectivity index (χ4v) is 4.31. The topological polar surface area (TPSA) is 102 Å². The smallest absolute Gasteiger partial charge is 0.257 e. The first-order valence-electron chi connectivity index (χ1n) is 10.0. The van der Waals surface area contributed by atoms with Crippen molar-refractivity contribution in [2.75, 3.05) is 30.8 Å². The molecule has 0 spiro atoms. The van der Waals surface area contributed by atoms with Crippen LogP contribution in [0.3, 0.4) is 0 Å². The van der Waals surface area contributed by atoms with Gasteiger partial charge in [0.2, 0.25) is 11.0 Å². The minimum atomic E-state index is -0.267. The van der Waals surface area contributed by atoms with Crippen LogP contribution in [0.4, 0.5) is 5.13 Å². The van der Waals surface area contributed by atoms with Crippen molar-refractivity contribution in [1.82, 2.24) is 15.5 Å². The monoisotopic (exact) mass is 450 g/mol. The number of aromatic nitrogens is 2. The largest absolute Gasteiger partial charge is 0.494 e. The zero-order valence-corrected chi connectivity index (χ0v) is 18.5. The third-order valence-electron chi connectivity index (χ3n) is 4.39. The van der Waals surface area contributed by atoms with Crippen LogP contribution in [-0.4, -0.2) is 53.6 Å². The number of benzene rings is 1. The maximum absolute atomic E-state index is 12.4. The lowest BCUT2D eigenvalue weighted by molar-refractivity contribution is -0.119. The molecule has 0 aliphatic carbocycles. The molecule has 1 aliphatic heterocycles. The van der Waals surface area contributed by atoms with Gasteiger partial charge < -0.3 is 14.8 Å². The molecule has 0 bridgehead atoms. The lowest BCUT2D eigenvalue weighted by Crippen LogP contribution is -2.32. The zero-order chi connectivity index (χ0) is 21.2. The summed E-state index contributed by atoms with van der Waals surface area (Å²) in [6, 6.07) is 6.99. The molecular weight excluding hydrogens is 424 g/mol. The van der Waals surface area contributed by atoms with E-state index in [0.29, 0.717) is 28.2 Å². The highest BCUT2D eigenvalue weighted by Crippen LogP contribution is 2.26. The summed E-state index contributed by atoms with van der Waals surface area (Å²) in [4.78, 5) is 24.3. The molecule has 1 fully saturated rings. The Labute approximate surface area is 184 Å². The van der Waals surface area contributed by atoms with Crippen molar-refractivity contribution in [3.8, 4) is 5.75 Å². The van der Waals surface area contributed by atoms with Gasteiger partial charge in [-0.3, -0.25) is 14.9 Å². The third-order valence-corrected chi connectivity index (χ3v) is 6.36. The number of hydrogen-bond acceptors (Lipinski definition) is 8. The normalized spacial score (nSPS) is 15.7. The van der Waals surface area contributed by atoms with Gasteiger partial charge in [0.15, 0.2) is 4.34 Å². The summed E-state index contributed by atoms with van der Waals surface area (Å²) in [6.45, 7) is 4.08. The second-order valence-corrected chi connectivity index (χ2v) is 8.98. The van der Waals surface area contributed by atoms with E-state index >= 15 is 0 Å². The first-order valence-corrected chi connectivity index (χ1v) is 11.8. The van der Waals surface area contributed by atoms with Gasteiger partial charge in [-0.25, -0.2) is 0 Å². The van der Waals surface area contributed by atoms with Crippen molar-refractivity contribution < 1.29 is 19.1 Å². The molecule has 0 unspecified atom stereocenters. The molecule has 1 atom stereocenters. The molecule has 30 heavy (non-hydrogen) atoms. The van der Waals surface area contributed by atoms with Crippen LogP contribution < -0.4 is 15.4 Å². The van der Waals surface area contributed by atoms with E-state index in [1.165, 1.54) is 23.1 Å². The van der Waals surface area contributed by atoms with E-state index in [0.717, 1.165) is 38.0 Å². The molecule has 2 amide bonds. The van der Waals surface area contributed by atoms with Crippen molar-refractivity contribution in [2.45, 2.75) is 43.1 Å². The number of hydrogen-bond donors (Lipinski definition) is 2. The fourth-order valence-electron chi connectivity index (χ4n) is 2.74. The molecule has 2 heterocycles. The van der Waals surface area contributed by atoms with Crippen LogP contribution in [0.25, 0.3) is 0 Å². The number of ether oxygens (including phenoxy) is 2. The van der Waals surface area contributed by atoms with Gasteiger partial charge in [0, 0.05) is 18.7 Å². The number of thioether (sulfide) groups is 1. The molecule has 2 N–H and O–H groups in total. The van der Waals surface area contributed by atoms with E-state index in [1.54, 1.807) is 24.3 Å². The van der Waals surface area contributed by atoms with Crippen LogP contribution in [-0.2, 0) is 9.53 Å². The lowest BCUT2D eigenvalue weighted by Gasteiger charge is -2.09. The van der Waals surface area contributed by atoms with Gasteiger partial charge in [0.1, 0.15) is 5.75 Å². The molecule has 2 aromatic rings. The highest BCUT2D eigenvalue weighted by molar-refractivity contribution is 8.01. The molecule has 0 saturated carbocycles. The average Bonchev–Trinajstić information content (AvgIpc) is 3.43. The van der Waals surface area contributed by atoms with Gasteiger partial charge in [-0.2, -0.15) is 0 Å². The molecule has 1 aromatic carbocycles. The maximum atomic E-state index is 12.4. The number of nitrogens with zero attached hydrogens (tertiary/aromatic N) is 2. The number of carbonyl (C=O) groups excluding carboxylic acids is 2. The van der Waals surface area contributed by atoms with E-state index in [4.69, 9.17) is 9.47 Å². The van der Waals surface area contributed by atoms with Crippen molar-refractivity contribution in [3.63, 3.8) is 0 Å². The first kappa shape index (κ1) is 22.5. The van der Waals surface area contributed by atoms with Crippen LogP contribution in [0.5, 0.6) is 5.75 Å². The second kappa shape index (κ2) is 11.9. The Hall–Kier alpha value is -2.17. The van der Waals surface area contributed by atoms with E-state index in [2.05, 4.69) is 27.8 Å². The zero-order valence-electron chi connectivity index (χ0n) is 16.9. The number of amides is 2. The Morgan fingerprint density at radius 1 is 1.30 bits per heavy atom. The van der Waals surface area contributed by atoms with Crippen molar-refractivity contribution in [2.24, 2.45) is 0 Å². The minimum Gasteiger partial charge on any atom is -0.494 e. The van der Waals surface area contributed by atoms with Crippen LogP contribution in [0.2, 0.25) is 0 Å². The molecule has 1 aliphatic rings. The molecule has 3 rings (SSSR count). The quantitative estimate of drug-likeness (QED) is 0.307. The minimum absolute atomic E-state index is 0.0717. The third kappa shape index (κ3) is 7.26. The molecular formula is C20H26N4O4S2. The summed E-state index contributed by atoms with van der Waals surface area (Å²) in [5, 5.41) is 14.0.